The van der Waals surface area contributed by atoms with Crippen LogP contribution >= 0.6 is 11.8 Å². The zero-order valence-electron chi connectivity index (χ0n) is 15.7. The summed E-state index contributed by atoms with van der Waals surface area (Å²) in [4.78, 5) is -0.290. The fourth-order valence-electron chi connectivity index (χ4n) is 3.68. The molecule has 2 aromatic rings. The van der Waals surface area contributed by atoms with Gasteiger partial charge in [0.15, 0.2) is 0 Å². The number of thiocyanates is 1. The monoisotopic (exact) mass is 393 g/mol. The summed E-state index contributed by atoms with van der Waals surface area (Å²) in [6.07, 6.45) is 9.32. The normalized spacial score (nSPS) is 19.1. The molecule has 1 aliphatic rings. The van der Waals surface area contributed by atoms with E-state index >= 15 is 0 Å². The number of nitriles is 1. The van der Waals surface area contributed by atoms with E-state index in [1.54, 1.807) is 5.40 Å². The van der Waals surface area contributed by atoms with Gasteiger partial charge in [-0.25, -0.2) is 8.78 Å². The fraction of sp³-hybridized carbons (Fsp3) is 0.292. The van der Waals surface area contributed by atoms with E-state index < -0.39 is 11.6 Å². The van der Waals surface area contributed by atoms with Gasteiger partial charge in [-0.1, -0.05) is 36.1 Å². The highest BCUT2D eigenvalue weighted by atomic mass is 32.2. The molecule has 0 heterocycles. The van der Waals surface area contributed by atoms with Crippen LogP contribution in [0.25, 0.3) is 0 Å². The summed E-state index contributed by atoms with van der Waals surface area (Å²) in [5.41, 5.74) is 2.39. The van der Waals surface area contributed by atoms with Crippen LogP contribution in [0.2, 0.25) is 0 Å². The van der Waals surface area contributed by atoms with Crippen molar-refractivity contribution in [2.75, 3.05) is 0 Å². The number of rotatable bonds is 3. The zero-order valence-corrected chi connectivity index (χ0v) is 16.5. The van der Waals surface area contributed by atoms with Crippen molar-refractivity contribution in [3.8, 4) is 17.2 Å². The van der Waals surface area contributed by atoms with Crippen molar-refractivity contribution in [1.29, 1.82) is 5.26 Å². The summed E-state index contributed by atoms with van der Waals surface area (Å²) in [5.74, 6) is 5.54. The molecule has 2 aromatic carbocycles. The number of hydrogen-bond donors (Lipinski definition) is 0. The van der Waals surface area contributed by atoms with Gasteiger partial charge in [-0.05, 0) is 86.0 Å². The molecule has 0 N–H and O–H groups in total. The van der Waals surface area contributed by atoms with Gasteiger partial charge < -0.3 is 0 Å². The third-order valence-corrected chi connectivity index (χ3v) is 5.80. The maximum absolute atomic E-state index is 13.9. The largest absolute Gasteiger partial charge is 0.206 e. The quantitative estimate of drug-likeness (QED) is 0.248. The van der Waals surface area contributed by atoms with Crippen LogP contribution < -0.4 is 0 Å². The second-order valence-corrected chi connectivity index (χ2v) is 7.77. The van der Waals surface area contributed by atoms with Gasteiger partial charge in [-0.15, -0.1) is 0 Å². The van der Waals surface area contributed by atoms with Gasteiger partial charge >= 0.3 is 0 Å². The lowest BCUT2D eigenvalue weighted by molar-refractivity contribution is 0.375. The molecule has 0 unspecified atom stereocenters. The van der Waals surface area contributed by atoms with Gasteiger partial charge in [0, 0.05) is 11.1 Å². The molecule has 0 aliphatic heterocycles. The minimum absolute atomic E-state index is 0.253. The van der Waals surface area contributed by atoms with Gasteiger partial charge in [0.2, 0.25) is 0 Å². The standard InChI is InChI=1S/C24H21F2NS/c1-2-3-17-6-10-20(11-7-17)21-12-8-18(9-13-21)4-5-19-14-22(25)24(28-16-27)23(26)15-19/h2-3,8-9,12-15,17,20H,6-7,10-11H2,1H3/b3-2+. The molecular formula is C24H21F2NS. The van der Waals surface area contributed by atoms with E-state index in [9.17, 15) is 8.78 Å². The van der Waals surface area contributed by atoms with Crippen molar-refractivity contribution in [2.24, 2.45) is 5.92 Å². The molecule has 4 heteroatoms. The molecule has 28 heavy (non-hydrogen) atoms. The lowest BCUT2D eigenvalue weighted by Gasteiger charge is -2.27. The van der Waals surface area contributed by atoms with Gasteiger partial charge in [0.1, 0.15) is 17.0 Å². The van der Waals surface area contributed by atoms with Crippen molar-refractivity contribution in [3.63, 3.8) is 0 Å². The smallest absolute Gasteiger partial charge is 0.142 e. The molecule has 142 valence electrons. The maximum Gasteiger partial charge on any atom is 0.142 e. The molecule has 0 spiro atoms. The summed E-state index contributed by atoms with van der Waals surface area (Å²) in [6, 6.07) is 10.5. The Bertz CT molecular complexity index is 930. The Morgan fingerprint density at radius 1 is 0.964 bits per heavy atom. The van der Waals surface area contributed by atoms with Gasteiger partial charge in [-0.2, -0.15) is 5.26 Å². The van der Waals surface area contributed by atoms with E-state index in [1.807, 2.05) is 12.1 Å². The SMILES string of the molecule is C/C=C/C1CCC(c2ccc(C#Cc3cc(F)c(SC#N)c(F)c3)cc2)CC1. The first-order chi connectivity index (χ1) is 13.6. The van der Waals surface area contributed by atoms with Crippen LogP contribution in [0.5, 0.6) is 0 Å². The Hall–Kier alpha value is -2.56. The average molecular weight is 394 g/mol. The highest BCUT2D eigenvalue weighted by Crippen LogP contribution is 2.36. The summed E-state index contributed by atoms with van der Waals surface area (Å²) in [6.45, 7) is 2.08. The molecular weight excluding hydrogens is 372 g/mol. The number of nitrogens with zero attached hydrogens (tertiary/aromatic N) is 1. The van der Waals surface area contributed by atoms with E-state index in [0.29, 0.717) is 23.6 Å². The molecule has 0 saturated heterocycles. The fourth-order valence-corrected chi connectivity index (χ4v) is 4.08. The molecule has 0 radical (unpaired) electrons. The van der Waals surface area contributed by atoms with Gasteiger partial charge in [0.05, 0.1) is 4.90 Å². The molecule has 1 nitrogen and oxygen atoms in total. The topological polar surface area (TPSA) is 23.8 Å². The van der Waals surface area contributed by atoms with E-state index in [2.05, 4.69) is 43.0 Å². The zero-order chi connectivity index (χ0) is 19.9. The minimum atomic E-state index is -0.764. The highest BCUT2D eigenvalue weighted by molar-refractivity contribution is 8.03. The summed E-state index contributed by atoms with van der Waals surface area (Å²) >= 11 is 0.473. The summed E-state index contributed by atoms with van der Waals surface area (Å²) in [7, 11) is 0. The van der Waals surface area contributed by atoms with Gasteiger partial charge in [-0.3, -0.25) is 0 Å². The Morgan fingerprint density at radius 3 is 2.14 bits per heavy atom. The molecule has 0 aromatic heterocycles. The molecule has 0 amide bonds. The van der Waals surface area contributed by atoms with Crippen molar-refractivity contribution in [1.82, 2.24) is 0 Å². The van der Waals surface area contributed by atoms with E-state index in [0.717, 1.165) is 17.7 Å². The molecule has 3 rings (SSSR count). The Labute approximate surface area is 169 Å². The van der Waals surface area contributed by atoms with Crippen LogP contribution in [0, 0.1) is 40.1 Å². The number of benzene rings is 2. The van der Waals surface area contributed by atoms with Crippen LogP contribution in [-0.4, -0.2) is 0 Å². The number of halogens is 2. The first-order valence-corrected chi connectivity index (χ1v) is 10.2. The van der Waals surface area contributed by atoms with Crippen LogP contribution in [0.15, 0.2) is 53.4 Å². The molecule has 1 aliphatic carbocycles. The summed E-state index contributed by atoms with van der Waals surface area (Å²) < 4.78 is 27.7. The van der Waals surface area contributed by atoms with E-state index in [1.165, 1.54) is 31.2 Å². The molecule has 1 saturated carbocycles. The third-order valence-electron chi connectivity index (χ3n) is 5.12. The highest BCUT2D eigenvalue weighted by Gasteiger charge is 2.20. The first kappa shape index (κ1) is 20.2. The van der Waals surface area contributed by atoms with E-state index in [4.69, 9.17) is 5.26 Å². The second-order valence-electron chi connectivity index (χ2n) is 6.97. The Morgan fingerprint density at radius 2 is 1.57 bits per heavy atom. The molecule has 1 fully saturated rings. The lowest BCUT2D eigenvalue weighted by Crippen LogP contribution is -2.11. The van der Waals surface area contributed by atoms with Crippen molar-refractivity contribution in [2.45, 2.75) is 43.4 Å². The average Bonchev–Trinajstić information content (AvgIpc) is 2.70. The predicted molar refractivity (Wildman–Crippen MR) is 110 cm³/mol. The van der Waals surface area contributed by atoms with Crippen LogP contribution in [0.1, 0.15) is 55.2 Å². The lowest BCUT2D eigenvalue weighted by atomic mass is 9.78. The Kier molecular flexibility index (Phi) is 6.90. The van der Waals surface area contributed by atoms with Crippen molar-refractivity contribution < 1.29 is 8.78 Å². The maximum atomic E-state index is 13.9. The van der Waals surface area contributed by atoms with Crippen molar-refractivity contribution >= 4 is 11.8 Å². The van der Waals surface area contributed by atoms with Gasteiger partial charge in [0.25, 0.3) is 0 Å². The van der Waals surface area contributed by atoms with E-state index in [-0.39, 0.29) is 10.5 Å². The molecule has 0 atom stereocenters. The Balaban J connectivity index is 1.68. The third kappa shape index (κ3) is 5.03. The number of thioether (sulfide) groups is 1. The van der Waals surface area contributed by atoms with Crippen LogP contribution in [0.4, 0.5) is 8.78 Å². The van der Waals surface area contributed by atoms with Crippen LogP contribution in [-0.2, 0) is 0 Å². The molecule has 0 bridgehead atoms. The van der Waals surface area contributed by atoms with Crippen LogP contribution in [0.3, 0.4) is 0 Å². The second kappa shape index (κ2) is 9.58. The van der Waals surface area contributed by atoms with Crippen molar-refractivity contribution in [3.05, 3.63) is 76.9 Å². The number of hydrogen-bond acceptors (Lipinski definition) is 2. The summed E-state index contributed by atoms with van der Waals surface area (Å²) in [5, 5.41) is 10.3. The number of allylic oxidation sites excluding steroid dienone is 2. The minimum Gasteiger partial charge on any atom is -0.206 e. The predicted octanol–water partition coefficient (Wildman–Crippen LogP) is 6.79. The first-order valence-electron chi connectivity index (χ1n) is 9.40.